The largest absolute Gasteiger partial charge is 0.294 e. The molecule has 3 aromatic carbocycles. The molecule has 0 saturated heterocycles. The van der Waals surface area contributed by atoms with Gasteiger partial charge >= 0.3 is 0 Å². The quantitative estimate of drug-likeness (QED) is 0.269. The van der Waals surface area contributed by atoms with Gasteiger partial charge in [0.1, 0.15) is 0 Å². The Labute approximate surface area is 183 Å². The molecule has 0 bridgehead atoms. The predicted octanol–water partition coefficient (Wildman–Crippen LogP) is 5.30. The number of nitro benzene ring substituents is 1. The Balaban J connectivity index is 1.87. The summed E-state index contributed by atoms with van der Waals surface area (Å²) >= 11 is 12.0. The highest BCUT2D eigenvalue weighted by atomic mass is 35.5. The van der Waals surface area contributed by atoms with E-state index in [2.05, 4.69) is 0 Å². The molecule has 0 N–H and O–H groups in total. The van der Waals surface area contributed by atoms with Crippen LogP contribution in [0.3, 0.4) is 0 Å². The molecule has 30 heavy (non-hydrogen) atoms. The van der Waals surface area contributed by atoms with Crippen LogP contribution in [-0.4, -0.2) is 19.1 Å². The zero-order chi connectivity index (χ0) is 21.9. The number of rotatable bonds is 7. The van der Waals surface area contributed by atoms with Gasteiger partial charge in [0.05, 0.1) is 15.6 Å². The summed E-state index contributed by atoms with van der Waals surface area (Å²) in [4.78, 5) is 22.9. The molecule has 3 rings (SSSR count). The van der Waals surface area contributed by atoms with Crippen LogP contribution in [0.1, 0.15) is 21.5 Å². The van der Waals surface area contributed by atoms with Gasteiger partial charge in [0.25, 0.3) is 5.69 Å². The van der Waals surface area contributed by atoms with Crippen molar-refractivity contribution in [2.24, 2.45) is 0 Å². The molecule has 0 fully saturated rings. The molecule has 154 valence electrons. The fraction of sp³-hybridized carbons (Fsp3) is 0.0952. The summed E-state index contributed by atoms with van der Waals surface area (Å²) in [6.07, 6.45) is 0.00880. The van der Waals surface area contributed by atoms with Crippen molar-refractivity contribution in [3.05, 3.63) is 104 Å². The minimum Gasteiger partial charge on any atom is -0.294 e. The van der Waals surface area contributed by atoms with Crippen molar-refractivity contribution in [2.75, 3.05) is 0 Å². The maximum atomic E-state index is 12.8. The number of carbonyl (C=O) groups is 1. The van der Waals surface area contributed by atoms with Crippen LogP contribution in [0.2, 0.25) is 10.0 Å². The number of hydrogen-bond donors (Lipinski definition) is 0. The highest BCUT2D eigenvalue weighted by Gasteiger charge is 2.21. The van der Waals surface area contributed by atoms with Gasteiger partial charge in [-0.1, -0.05) is 47.5 Å². The van der Waals surface area contributed by atoms with Crippen LogP contribution >= 0.6 is 23.2 Å². The van der Waals surface area contributed by atoms with E-state index < -0.39 is 20.5 Å². The third kappa shape index (κ3) is 5.24. The molecule has 0 unspecified atom stereocenters. The number of Topliss-reactive ketones (excluding diaryl/α,β-unsaturated/α-hetero) is 1. The molecule has 0 aliphatic heterocycles. The second-order valence-corrected chi connectivity index (χ2v) is 9.41. The van der Waals surface area contributed by atoms with Gasteiger partial charge in [-0.3, -0.25) is 14.9 Å². The van der Waals surface area contributed by atoms with E-state index in [1.165, 1.54) is 12.1 Å². The number of non-ortho nitro benzene ring substituents is 1. The van der Waals surface area contributed by atoms with Crippen LogP contribution in [0, 0.1) is 10.1 Å². The van der Waals surface area contributed by atoms with Gasteiger partial charge in [0, 0.05) is 34.2 Å². The number of ketones is 1. The molecule has 0 spiro atoms. The van der Waals surface area contributed by atoms with Crippen LogP contribution in [0.15, 0.2) is 71.6 Å². The predicted molar refractivity (Wildman–Crippen MR) is 115 cm³/mol. The van der Waals surface area contributed by atoms with Crippen molar-refractivity contribution in [3.8, 4) is 0 Å². The average Bonchev–Trinajstić information content (AvgIpc) is 2.67. The van der Waals surface area contributed by atoms with Gasteiger partial charge in [-0.2, -0.15) is 0 Å². The first-order valence-corrected chi connectivity index (χ1v) is 11.1. The van der Waals surface area contributed by atoms with Crippen molar-refractivity contribution in [1.82, 2.24) is 0 Å². The Morgan fingerprint density at radius 2 is 1.53 bits per heavy atom. The minimum absolute atomic E-state index is 0.00880. The van der Waals surface area contributed by atoms with E-state index >= 15 is 0 Å². The van der Waals surface area contributed by atoms with E-state index in [1.807, 2.05) is 0 Å². The molecule has 0 atom stereocenters. The third-order valence-corrected chi connectivity index (χ3v) is 6.47. The van der Waals surface area contributed by atoms with Gasteiger partial charge in [0.2, 0.25) is 0 Å². The normalized spacial score (nSPS) is 11.3. The molecule has 0 aromatic heterocycles. The van der Waals surface area contributed by atoms with Gasteiger partial charge in [0.15, 0.2) is 15.6 Å². The van der Waals surface area contributed by atoms with E-state index in [0.29, 0.717) is 21.2 Å². The fourth-order valence-electron chi connectivity index (χ4n) is 2.98. The van der Waals surface area contributed by atoms with E-state index in [1.54, 1.807) is 42.5 Å². The maximum Gasteiger partial charge on any atom is 0.269 e. The lowest BCUT2D eigenvalue weighted by Gasteiger charge is -2.10. The summed E-state index contributed by atoms with van der Waals surface area (Å²) < 4.78 is 25.6. The molecular formula is C21H15Cl2NO5S. The van der Waals surface area contributed by atoms with Crippen LogP contribution in [-0.2, 0) is 22.0 Å². The lowest BCUT2D eigenvalue weighted by atomic mass is 9.99. The Hall–Kier alpha value is -2.74. The molecule has 3 aromatic rings. The van der Waals surface area contributed by atoms with Crippen molar-refractivity contribution in [3.63, 3.8) is 0 Å². The van der Waals surface area contributed by atoms with Crippen LogP contribution < -0.4 is 0 Å². The summed E-state index contributed by atoms with van der Waals surface area (Å²) in [6, 6.07) is 15.9. The lowest BCUT2D eigenvalue weighted by molar-refractivity contribution is -0.384. The SMILES string of the molecule is O=C(Cc1cc(Cl)cc(Cl)c1)c1ccccc1CS(=O)(=O)c1ccc([N+](=O)[O-])cc1. The summed E-state index contributed by atoms with van der Waals surface area (Å²) in [5, 5.41) is 11.6. The van der Waals surface area contributed by atoms with Crippen molar-refractivity contribution < 1.29 is 18.1 Å². The zero-order valence-corrected chi connectivity index (χ0v) is 17.7. The number of hydrogen-bond acceptors (Lipinski definition) is 5. The Morgan fingerprint density at radius 1 is 0.933 bits per heavy atom. The minimum atomic E-state index is -3.82. The molecule has 0 amide bonds. The van der Waals surface area contributed by atoms with E-state index in [0.717, 1.165) is 12.1 Å². The van der Waals surface area contributed by atoms with Crippen LogP contribution in [0.5, 0.6) is 0 Å². The van der Waals surface area contributed by atoms with Gasteiger partial charge in [-0.15, -0.1) is 0 Å². The van der Waals surface area contributed by atoms with E-state index in [4.69, 9.17) is 23.2 Å². The number of benzene rings is 3. The molecule has 9 heteroatoms. The monoisotopic (exact) mass is 463 g/mol. The summed E-state index contributed by atoms with van der Waals surface area (Å²) in [6.45, 7) is 0. The molecule has 0 heterocycles. The number of halogens is 2. The Morgan fingerprint density at radius 3 is 2.13 bits per heavy atom. The second-order valence-electron chi connectivity index (χ2n) is 6.54. The van der Waals surface area contributed by atoms with Gasteiger partial charge in [-0.25, -0.2) is 8.42 Å². The van der Waals surface area contributed by atoms with Crippen LogP contribution in [0.4, 0.5) is 5.69 Å². The number of nitrogens with zero attached hydrogens (tertiary/aromatic N) is 1. The third-order valence-electron chi connectivity index (χ3n) is 4.36. The van der Waals surface area contributed by atoms with E-state index in [9.17, 15) is 23.3 Å². The highest BCUT2D eigenvalue weighted by Crippen LogP contribution is 2.24. The lowest BCUT2D eigenvalue weighted by Crippen LogP contribution is -2.11. The van der Waals surface area contributed by atoms with Gasteiger partial charge < -0.3 is 0 Å². The highest BCUT2D eigenvalue weighted by molar-refractivity contribution is 7.90. The van der Waals surface area contributed by atoms with Crippen molar-refractivity contribution in [1.29, 1.82) is 0 Å². The standard InChI is InChI=1S/C21H15Cl2NO5S/c22-16-9-14(10-17(23)12-16)11-21(25)20-4-2-1-3-15(20)13-30(28,29)19-7-5-18(6-8-19)24(26)27/h1-10,12H,11,13H2. The number of sulfone groups is 1. The molecular weight excluding hydrogens is 449 g/mol. The summed E-state index contributed by atoms with van der Waals surface area (Å²) in [5.41, 5.74) is 1.03. The molecule has 0 radical (unpaired) electrons. The molecule has 0 aliphatic rings. The second kappa shape index (κ2) is 8.95. The first-order chi connectivity index (χ1) is 14.2. The van der Waals surface area contributed by atoms with E-state index in [-0.39, 0.29) is 28.4 Å². The zero-order valence-electron chi connectivity index (χ0n) is 15.4. The van der Waals surface area contributed by atoms with Crippen LogP contribution in [0.25, 0.3) is 0 Å². The summed E-state index contributed by atoms with van der Waals surface area (Å²) in [5.74, 6) is -0.689. The smallest absolute Gasteiger partial charge is 0.269 e. The number of carbonyl (C=O) groups excluding carboxylic acids is 1. The molecule has 6 nitrogen and oxygen atoms in total. The maximum absolute atomic E-state index is 12.8. The first kappa shape index (κ1) is 22.0. The fourth-order valence-corrected chi connectivity index (χ4v) is 4.92. The Kier molecular flexibility index (Phi) is 6.55. The van der Waals surface area contributed by atoms with Crippen molar-refractivity contribution >= 4 is 44.5 Å². The van der Waals surface area contributed by atoms with Gasteiger partial charge in [-0.05, 0) is 41.5 Å². The topological polar surface area (TPSA) is 94.3 Å². The first-order valence-electron chi connectivity index (χ1n) is 8.69. The average molecular weight is 464 g/mol. The summed E-state index contributed by atoms with van der Waals surface area (Å²) in [7, 11) is -3.82. The van der Waals surface area contributed by atoms with Crippen molar-refractivity contribution in [2.45, 2.75) is 17.1 Å². The molecule has 0 aliphatic carbocycles. The number of nitro groups is 1. The molecule has 0 saturated carbocycles. The Bertz CT molecular complexity index is 1200.